The average molecular weight is 320 g/mol. The molecule has 0 heterocycles. The number of benzene rings is 1. The minimum absolute atomic E-state index is 0.183. The third-order valence-corrected chi connectivity index (χ3v) is 3.08. The molecule has 0 fully saturated rings. The number of ether oxygens (including phenoxy) is 1. The third-order valence-electron chi connectivity index (χ3n) is 2.87. The average Bonchev–Trinajstić information content (AvgIpc) is 2.47. The molecule has 1 amide bonds. The number of para-hydroxylation sites is 1. The van der Waals surface area contributed by atoms with Gasteiger partial charge in [-0.25, -0.2) is 4.79 Å². The van der Waals surface area contributed by atoms with Crippen LogP contribution in [0.2, 0.25) is 0 Å². The highest BCUT2D eigenvalue weighted by molar-refractivity contribution is 7.80. The van der Waals surface area contributed by atoms with Gasteiger partial charge in [0.2, 0.25) is 5.91 Å². The first-order valence-corrected chi connectivity index (χ1v) is 7.44. The van der Waals surface area contributed by atoms with Crippen molar-refractivity contribution >= 4 is 34.9 Å². The molecule has 0 aromatic heterocycles. The fourth-order valence-electron chi connectivity index (χ4n) is 1.83. The van der Waals surface area contributed by atoms with Crippen molar-refractivity contribution in [2.45, 2.75) is 27.2 Å². The first-order valence-electron chi connectivity index (χ1n) is 7.03. The first kappa shape index (κ1) is 17.8. The van der Waals surface area contributed by atoms with E-state index in [1.807, 2.05) is 32.0 Å². The lowest BCUT2D eigenvalue weighted by molar-refractivity contribution is -0.137. The van der Waals surface area contributed by atoms with Crippen LogP contribution in [-0.4, -0.2) is 23.6 Å². The summed E-state index contributed by atoms with van der Waals surface area (Å²) in [6.07, 6.45) is 3.00. The van der Waals surface area contributed by atoms with Gasteiger partial charge in [-0.2, -0.15) is 0 Å². The van der Waals surface area contributed by atoms with Gasteiger partial charge in [0.25, 0.3) is 0 Å². The topological polar surface area (TPSA) is 67.4 Å². The van der Waals surface area contributed by atoms with Crippen LogP contribution in [0.3, 0.4) is 0 Å². The molecule has 0 atom stereocenters. The number of amides is 1. The number of esters is 1. The van der Waals surface area contributed by atoms with Crippen molar-refractivity contribution in [2.24, 2.45) is 0 Å². The van der Waals surface area contributed by atoms with Gasteiger partial charge in [0.15, 0.2) is 5.11 Å². The van der Waals surface area contributed by atoms with Crippen molar-refractivity contribution < 1.29 is 14.3 Å². The molecule has 1 aromatic carbocycles. The Bertz CT molecular complexity index is 597. The second-order valence-electron chi connectivity index (χ2n) is 4.49. The highest BCUT2D eigenvalue weighted by Gasteiger charge is 2.07. The Hall–Kier alpha value is -2.21. The molecular weight excluding hydrogens is 300 g/mol. The Morgan fingerprint density at radius 2 is 2.00 bits per heavy atom. The van der Waals surface area contributed by atoms with Crippen molar-refractivity contribution in [1.82, 2.24) is 5.32 Å². The zero-order valence-electron chi connectivity index (χ0n) is 12.9. The van der Waals surface area contributed by atoms with Gasteiger partial charge in [0, 0.05) is 17.8 Å². The van der Waals surface area contributed by atoms with Crippen molar-refractivity contribution in [3.8, 4) is 0 Å². The summed E-state index contributed by atoms with van der Waals surface area (Å²) in [5, 5.41) is 5.70. The molecule has 2 N–H and O–H groups in total. The summed E-state index contributed by atoms with van der Waals surface area (Å²) >= 11 is 5.12. The summed E-state index contributed by atoms with van der Waals surface area (Å²) in [5.74, 6) is -1.05. The number of hydrogen-bond donors (Lipinski definition) is 2. The number of nitrogens with one attached hydrogen (secondary N) is 2. The molecule has 118 valence electrons. The van der Waals surface area contributed by atoms with E-state index in [4.69, 9.17) is 12.2 Å². The van der Waals surface area contributed by atoms with Gasteiger partial charge in [-0.1, -0.05) is 25.1 Å². The van der Waals surface area contributed by atoms with Gasteiger partial charge >= 0.3 is 5.97 Å². The van der Waals surface area contributed by atoms with E-state index in [9.17, 15) is 9.59 Å². The smallest absolute Gasteiger partial charge is 0.330 e. The quantitative estimate of drug-likeness (QED) is 0.496. The van der Waals surface area contributed by atoms with Crippen LogP contribution in [0.25, 0.3) is 0 Å². The zero-order chi connectivity index (χ0) is 16.5. The first-order chi connectivity index (χ1) is 10.5. The Morgan fingerprint density at radius 3 is 2.64 bits per heavy atom. The summed E-state index contributed by atoms with van der Waals surface area (Å²) < 4.78 is 4.68. The fraction of sp³-hybridized carbons (Fsp3) is 0.312. The van der Waals surface area contributed by atoms with Crippen molar-refractivity contribution in [2.75, 3.05) is 11.9 Å². The molecule has 0 saturated carbocycles. The lowest BCUT2D eigenvalue weighted by atomic mass is 10.1. The van der Waals surface area contributed by atoms with Gasteiger partial charge in [-0.05, 0) is 43.6 Å². The summed E-state index contributed by atoms with van der Waals surface area (Å²) in [6.45, 7) is 5.96. The molecule has 22 heavy (non-hydrogen) atoms. The minimum Gasteiger partial charge on any atom is -0.463 e. The second-order valence-corrected chi connectivity index (χ2v) is 4.90. The zero-order valence-corrected chi connectivity index (χ0v) is 13.8. The predicted molar refractivity (Wildman–Crippen MR) is 90.7 cm³/mol. The van der Waals surface area contributed by atoms with Crippen LogP contribution in [0.1, 0.15) is 25.0 Å². The molecule has 0 radical (unpaired) electrons. The standard InChI is InChI=1S/C16H20N2O3S/c1-4-12-8-6-7-11(3)15(12)18-16(22)17-13(19)9-10-14(20)21-5-2/h6-10H,4-5H2,1-3H3,(H2,17,18,19,22)/b10-9+. The maximum Gasteiger partial charge on any atom is 0.330 e. The van der Waals surface area contributed by atoms with Crippen LogP contribution < -0.4 is 10.6 Å². The molecule has 5 nitrogen and oxygen atoms in total. The Kier molecular flexibility index (Phi) is 7.25. The van der Waals surface area contributed by atoms with Crippen LogP contribution in [0.4, 0.5) is 5.69 Å². The van der Waals surface area contributed by atoms with Gasteiger partial charge in [-0.3, -0.25) is 10.1 Å². The lowest BCUT2D eigenvalue weighted by Gasteiger charge is -2.14. The number of rotatable bonds is 5. The molecule has 0 aliphatic rings. The molecule has 0 saturated heterocycles. The Morgan fingerprint density at radius 1 is 1.27 bits per heavy atom. The molecule has 0 spiro atoms. The molecule has 0 unspecified atom stereocenters. The predicted octanol–water partition coefficient (Wildman–Crippen LogP) is 2.49. The van der Waals surface area contributed by atoms with Crippen molar-refractivity contribution in [3.05, 3.63) is 41.5 Å². The second kappa shape index (κ2) is 8.94. The van der Waals surface area contributed by atoms with E-state index in [1.165, 1.54) is 0 Å². The number of carbonyl (C=O) groups is 2. The Balaban J connectivity index is 2.64. The van der Waals surface area contributed by atoms with Gasteiger partial charge in [0.1, 0.15) is 0 Å². The number of anilines is 1. The third kappa shape index (κ3) is 5.65. The number of aryl methyl sites for hydroxylation is 2. The summed E-state index contributed by atoms with van der Waals surface area (Å²) in [4.78, 5) is 22.8. The SMILES string of the molecule is CCOC(=O)/C=C/C(=O)NC(=S)Nc1c(C)cccc1CC. The van der Waals surface area contributed by atoms with E-state index in [2.05, 4.69) is 15.4 Å². The molecule has 1 aromatic rings. The van der Waals surface area contributed by atoms with E-state index in [1.54, 1.807) is 6.92 Å². The summed E-state index contributed by atoms with van der Waals surface area (Å²) in [5.41, 5.74) is 3.04. The molecule has 1 rings (SSSR count). The summed E-state index contributed by atoms with van der Waals surface area (Å²) in [7, 11) is 0. The van der Waals surface area contributed by atoms with E-state index < -0.39 is 11.9 Å². The molecular formula is C16H20N2O3S. The molecule has 0 aliphatic heterocycles. The van der Waals surface area contributed by atoms with Crippen LogP contribution in [0.15, 0.2) is 30.4 Å². The van der Waals surface area contributed by atoms with Gasteiger partial charge < -0.3 is 10.1 Å². The van der Waals surface area contributed by atoms with E-state index >= 15 is 0 Å². The normalized spacial score (nSPS) is 10.3. The van der Waals surface area contributed by atoms with Crippen molar-refractivity contribution in [1.29, 1.82) is 0 Å². The highest BCUT2D eigenvalue weighted by atomic mass is 32.1. The minimum atomic E-state index is -0.566. The number of carbonyl (C=O) groups excluding carboxylic acids is 2. The van der Waals surface area contributed by atoms with Crippen LogP contribution >= 0.6 is 12.2 Å². The number of thiocarbonyl (C=S) groups is 1. The van der Waals surface area contributed by atoms with E-state index in [0.29, 0.717) is 0 Å². The Labute approximate surface area is 135 Å². The maximum absolute atomic E-state index is 11.7. The lowest BCUT2D eigenvalue weighted by Crippen LogP contribution is -2.33. The molecule has 6 heteroatoms. The molecule has 0 bridgehead atoms. The monoisotopic (exact) mass is 320 g/mol. The van der Waals surface area contributed by atoms with Crippen LogP contribution in [0, 0.1) is 6.92 Å². The maximum atomic E-state index is 11.7. The largest absolute Gasteiger partial charge is 0.463 e. The van der Waals surface area contributed by atoms with E-state index in [0.717, 1.165) is 35.4 Å². The van der Waals surface area contributed by atoms with Crippen LogP contribution in [-0.2, 0) is 20.7 Å². The van der Waals surface area contributed by atoms with Crippen LogP contribution in [0.5, 0.6) is 0 Å². The summed E-state index contributed by atoms with van der Waals surface area (Å²) in [6, 6.07) is 5.94. The highest BCUT2D eigenvalue weighted by Crippen LogP contribution is 2.20. The molecule has 0 aliphatic carbocycles. The van der Waals surface area contributed by atoms with Gasteiger partial charge in [-0.15, -0.1) is 0 Å². The van der Waals surface area contributed by atoms with Gasteiger partial charge in [0.05, 0.1) is 6.61 Å². The van der Waals surface area contributed by atoms with Crippen molar-refractivity contribution in [3.63, 3.8) is 0 Å². The fourth-order valence-corrected chi connectivity index (χ4v) is 2.04. The number of hydrogen-bond acceptors (Lipinski definition) is 4. The van der Waals surface area contributed by atoms with E-state index in [-0.39, 0.29) is 11.7 Å².